The quantitative estimate of drug-likeness (QED) is 0.139. The van der Waals surface area contributed by atoms with Gasteiger partial charge >= 0.3 is 19.5 Å². The smallest absolute Gasteiger partial charge is 0.457 e. The molecule has 0 saturated heterocycles. The van der Waals surface area contributed by atoms with Gasteiger partial charge in [0.1, 0.15) is 0 Å². The average Bonchev–Trinajstić information content (AvgIpc) is 2.91. The number of nitrogens with one attached hydrogen (secondary N) is 2. The molecule has 0 aliphatic rings. The van der Waals surface area contributed by atoms with Crippen LogP contribution in [-0.2, 0) is 30.4 Å². The number of hydrogen-bond acceptors (Lipinski definition) is 12. The molecule has 0 atom stereocenters. The van der Waals surface area contributed by atoms with Crippen molar-refractivity contribution in [2.45, 2.75) is 0 Å². The minimum Gasteiger partial charge on any atom is -0.457 e. The van der Waals surface area contributed by atoms with Crippen LogP contribution in [0.5, 0.6) is 0 Å². The Labute approximate surface area is 243 Å². The third kappa shape index (κ3) is 20.2. The second-order valence-electron chi connectivity index (χ2n) is 6.31. The summed E-state index contributed by atoms with van der Waals surface area (Å²) < 4.78 is 0. The first-order valence-electron chi connectivity index (χ1n) is 10.0. The molecule has 0 saturated carbocycles. The Bertz CT molecular complexity index is 1170. The molecule has 8 N–H and O–H groups in total. The SMILES string of the molecule is O=C(Nc1ccncc1)c1cccnc1.O=C(Nc1ccncc1)c1cccnc1.O=[N+]([O-])[O-].O=[N+]([O-])[O-].[OH3+].[OH3+].[Zn+2]. The normalized spacial score (nSPS) is 8.20. The summed E-state index contributed by atoms with van der Waals surface area (Å²) in [5.74, 6) is -0.344. The van der Waals surface area contributed by atoms with E-state index < -0.39 is 10.2 Å². The molecule has 4 rings (SSSR count). The molecule has 212 valence electrons. The van der Waals surface area contributed by atoms with E-state index >= 15 is 0 Å². The Morgan fingerprint density at radius 3 is 1.10 bits per heavy atom. The van der Waals surface area contributed by atoms with E-state index in [4.69, 9.17) is 30.6 Å². The summed E-state index contributed by atoms with van der Waals surface area (Å²) in [6.07, 6.45) is 12.8. The van der Waals surface area contributed by atoms with E-state index in [1.807, 2.05) is 0 Å². The first kappa shape index (κ1) is 40.0. The summed E-state index contributed by atoms with van der Waals surface area (Å²) in [6, 6.07) is 13.8. The molecular weight excluding hydrogens is 602 g/mol. The standard InChI is InChI=1S/2C11H9N3O.2NO3.2H2O.Zn/c2*15-11(9-2-1-5-13-8-9)14-10-3-6-12-7-4-10;2*2-1(3)4;;;/h2*1-8H,(H,12,14,15);;;2*1H2;/q;;2*-1;;;+2/p+2. The molecule has 0 unspecified atom stereocenters. The Kier molecular flexibility index (Phi) is 23.0. The summed E-state index contributed by atoms with van der Waals surface area (Å²) in [6.45, 7) is 0. The fraction of sp³-hybridized carbons (Fsp3) is 0. The van der Waals surface area contributed by atoms with Gasteiger partial charge in [-0.25, -0.2) is 0 Å². The molecule has 0 aromatic carbocycles. The van der Waals surface area contributed by atoms with Crippen LogP contribution >= 0.6 is 0 Å². The fourth-order valence-corrected chi connectivity index (χ4v) is 2.27. The number of aromatic nitrogens is 4. The average molecular weight is 626 g/mol. The van der Waals surface area contributed by atoms with Crippen LogP contribution in [0, 0.1) is 30.6 Å². The van der Waals surface area contributed by atoms with Crippen molar-refractivity contribution < 1.29 is 50.2 Å². The van der Waals surface area contributed by atoms with Crippen LogP contribution in [0.1, 0.15) is 20.7 Å². The van der Waals surface area contributed by atoms with Crippen molar-refractivity contribution in [3.63, 3.8) is 0 Å². The number of carbonyl (C=O) groups is 2. The number of amides is 2. The molecule has 4 aromatic rings. The monoisotopic (exact) mass is 624 g/mol. The van der Waals surface area contributed by atoms with Gasteiger partial charge in [0.15, 0.2) is 0 Å². The van der Waals surface area contributed by atoms with Crippen molar-refractivity contribution >= 4 is 23.2 Å². The summed E-state index contributed by atoms with van der Waals surface area (Å²) in [7, 11) is 0. The number of hydrogen-bond donors (Lipinski definition) is 2. The van der Waals surface area contributed by atoms with Crippen LogP contribution in [0.2, 0.25) is 0 Å². The maximum absolute atomic E-state index is 11.6. The molecule has 0 radical (unpaired) electrons. The van der Waals surface area contributed by atoms with Crippen LogP contribution in [0.4, 0.5) is 11.4 Å². The Morgan fingerprint density at radius 1 is 0.561 bits per heavy atom. The van der Waals surface area contributed by atoms with Gasteiger partial charge < -0.3 is 52.2 Å². The summed E-state index contributed by atoms with van der Waals surface area (Å²) >= 11 is 0. The molecule has 0 fully saturated rings. The second kappa shape index (κ2) is 23.6. The van der Waals surface area contributed by atoms with Crippen molar-refractivity contribution in [2.75, 3.05) is 10.6 Å². The number of rotatable bonds is 4. The molecule has 0 spiro atoms. The van der Waals surface area contributed by atoms with Crippen molar-refractivity contribution in [1.82, 2.24) is 19.9 Å². The van der Waals surface area contributed by atoms with Gasteiger partial charge in [-0.3, -0.25) is 29.5 Å². The van der Waals surface area contributed by atoms with E-state index in [2.05, 4.69) is 30.6 Å². The zero-order chi connectivity index (χ0) is 28.2. The fourth-order valence-electron chi connectivity index (χ4n) is 2.27. The second-order valence-corrected chi connectivity index (χ2v) is 6.31. The summed E-state index contributed by atoms with van der Waals surface area (Å²) in [4.78, 5) is 55.3. The number of carbonyl (C=O) groups excluding carboxylic acids is 2. The van der Waals surface area contributed by atoms with E-state index in [9.17, 15) is 9.59 Å². The van der Waals surface area contributed by atoms with Gasteiger partial charge in [0, 0.05) is 60.9 Å². The predicted octanol–water partition coefficient (Wildman–Crippen LogP) is 1.13. The van der Waals surface area contributed by atoms with Crippen LogP contribution < -0.4 is 10.6 Å². The summed E-state index contributed by atoms with van der Waals surface area (Å²) in [5, 5.41) is 35.0. The van der Waals surface area contributed by atoms with Crippen molar-refractivity contribution in [2.24, 2.45) is 0 Å². The number of anilines is 2. The van der Waals surface area contributed by atoms with E-state index in [1.54, 1.807) is 85.7 Å². The van der Waals surface area contributed by atoms with Crippen molar-refractivity contribution in [1.29, 1.82) is 0 Å². The van der Waals surface area contributed by atoms with Crippen LogP contribution in [0.25, 0.3) is 0 Å². The molecule has 2 amide bonds. The largest absolute Gasteiger partial charge is 2.00 e. The van der Waals surface area contributed by atoms with E-state index in [0.717, 1.165) is 11.4 Å². The number of nitrogens with zero attached hydrogens (tertiary/aromatic N) is 6. The zero-order valence-corrected chi connectivity index (χ0v) is 24.0. The molecule has 0 aliphatic carbocycles. The maximum Gasteiger partial charge on any atom is 2.00 e. The van der Waals surface area contributed by atoms with E-state index in [1.165, 1.54) is 12.4 Å². The third-order valence-electron chi connectivity index (χ3n) is 3.72. The van der Waals surface area contributed by atoms with Crippen LogP contribution in [0.3, 0.4) is 0 Å². The van der Waals surface area contributed by atoms with Crippen molar-refractivity contribution in [3.05, 3.63) is 140 Å². The Hall–Kier alpha value is -5.52. The summed E-state index contributed by atoms with van der Waals surface area (Å²) in [5.41, 5.74) is 2.52. The number of pyridine rings is 4. The molecule has 0 bridgehead atoms. The third-order valence-corrected chi connectivity index (χ3v) is 3.72. The van der Waals surface area contributed by atoms with Crippen LogP contribution in [0.15, 0.2) is 98.1 Å². The molecule has 4 aromatic heterocycles. The minimum atomic E-state index is -1.75. The van der Waals surface area contributed by atoms with Gasteiger partial charge in [-0.05, 0) is 48.5 Å². The van der Waals surface area contributed by atoms with Crippen molar-refractivity contribution in [3.8, 4) is 0 Å². The molecule has 4 heterocycles. The predicted molar refractivity (Wildman–Crippen MR) is 143 cm³/mol. The first-order chi connectivity index (χ1) is 18.2. The zero-order valence-electron chi connectivity index (χ0n) is 21.0. The molecule has 19 heteroatoms. The minimum absolute atomic E-state index is 0. The van der Waals surface area contributed by atoms with Gasteiger partial charge in [0.25, 0.3) is 11.8 Å². The van der Waals surface area contributed by atoms with Gasteiger partial charge in [0.05, 0.1) is 21.3 Å². The Balaban J connectivity index is -0.000000529. The maximum atomic E-state index is 11.6. The van der Waals surface area contributed by atoms with E-state index in [0.29, 0.717) is 11.1 Å². The molecule has 0 aliphatic heterocycles. The van der Waals surface area contributed by atoms with Gasteiger partial charge in [-0.1, -0.05) is 0 Å². The molecule has 18 nitrogen and oxygen atoms in total. The van der Waals surface area contributed by atoms with Gasteiger partial charge in [-0.15, -0.1) is 0 Å². The van der Waals surface area contributed by atoms with Gasteiger partial charge in [-0.2, -0.15) is 0 Å². The Morgan fingerprint density at radius 2 is 0.854 bits per heavy atom. The molecular formula is C22H24N8O10Zn+2. The van der Waals surface area contributed by atoms with Gasteiger partial charge in [0.2, 0.25) is 0 Å². The topological polar surface area (TPSA) is 308 Å². The first-order valence-corrected chi connectivity index (χ1v) is 10.0. The van der Waals surface area contributed by atoms with E-state index in [-0.39, 0.29) is 42.2 Å². The van der Waals surface area contributed by atoms with Crippen LogP contribution in [-0.4, -0.2) is 41.9 Å². The molecule has 41 heavy (non-hydrogen) atoms.